The van der Waals surface area contributed by atoms with E-state index >= 15 is 0 Å². The van der Waals surface area contributed by atoms with Crippen LogP contribution in [0.5, 0.6) is 0 Å². The van der Waals surface area contributed by atoms with E-state index in [1.165, 1.54) is 6.42 Å². The number of hydrogen-bond acceptors (Lipinski definition) is 2. The summed E-state index contributed by atoms with van der Waals surface area (Å²) in [6.45, 7) is 0. The van der Waals surface area contributed by atoms with Gasteiger partial charge < -0.3 is 10.6 Å². The Kier molecular flexibility index (Phi) is 3.69. The van der Waals surface area contributed by atoms with E-state index < -0.39 is 0 Å². The van der Waals surface area contributed by atoms with E-state index in [1.807, 2.05) is 0 Å². The number of carbonyl (C=O) groups excluding carboxylic acids is 2. The molecular formula is C11H17ClN2O2. The van der Waals surface area contributed by atoms with Gasteiger partial charge in [0.2, 0.25) is 11.8 Å². The first kappa shape index (κ1) is 11.7. The third-order valence-corrected chi connectivity index (χ3v) is 3.69. The van der Waals surface area contributed by atoms with Gasteiger partial charge in [0.05, 0.1) is 0 Å². The Balaban J connectivity index is 1.61. The Morgan fingerprint density at radius 2 is 1.75 bits per heavy atom. The van der Waals surface area contributed by atoms with Crippen molar-refractivity contribution in [2.24, 2.45) is 5.92 Å². The van der Waals surface area contributed by atoms with Crippen LogP contribution in [-0.4, -0.2) is 29.8 Å². The molecule has 0 heterocycles. The Hall–Kier alpha value is -0.770. The summed E-state index contributed by atoms with van der Waals surface area (Å²) >= 11 is 5.38. The lowest BCUT2D eigenvalue weighted by Crippen LogP contribution is -2.55. The van der Waals surface area contributed by atoms with Crippen molar-refractivity contribution in [2.45, 2.75) is 44.2 Å². The fourth-order valence-electron chi connectivity index (χ4n) is 2.11. The predicted octanol–water partition coefficient (Wildman–Crippen LogP) is 0.789. The summed E-state index contributed by atoms with van der Waals surface area (Å²) in [4.78, 5) is 22.6. The van der Waals surface area contributed by atoms with Crippen LogP contribution in [0.1, 0.15) is 32.1 Å². The topological polar surface area (TPSA) is 58.2 Å². The highest BCUT2D eigenvalue weighted by molar-refractivity contribution is 6.27. The highest BCUT2D eigenvalue weighted by atomic mass is 35.5. The van der Waals surface area contributed by atoms with Crippen LogP contribution in [0.25, 0.3) is 0 Å². The Labute approximate surface area is 100 Å². The van der Waals surface area contributed by atoms with Gasteiger partial charge >= 0.3 is 0 Å². The molecule has 2 N–H and O–H groups in total. The molecule has 0 radical (unpaired) electrons. The summed E-state index contributed by atoms with van der Waals surface area (Å²) in [5.74, 6) is 0.320. The molecule has 0 spiro atoms. The van der Waals surface area contributed by atoms with Crippen LogP contribution in [0.15, 0.2) is 0 Å². The molecule has 2 rings (SSSR count). The standard InChI is InChI=1S/C11H17ClN2O2/c12-6-10(15)13-8-4-9(5-8)14-11(16)7-2-1-3-7/h7-9H,1-6H2,(H,13,15)(H,14,16). The lowest BCUT2D eigenvalue weighted by molar-refractivity contribution is -0.128. The van der Waals surface area contributed by atoms with Gasteiger partial charge in [-0.1, -0.05) is 6.42 Å². The minimum atomic E-state index is -0.129. The van der Waals surface area contributed by atoms with Crippen LogP contribution in [0.2, 0.25) is 0 Å². The van der Waals surface area contributed by atoms with Gasteiger partial charge in [-0.15, -0.1) is 11.6 Å². The second kappa shape index (κ2) is 5.04. The van der Waals surface area contributed by atoms with Crippen LogP contribution in [-0.2, 0) is 9.59 Å². The van der Waals surface area contributed by atoms with Crippen molar-refractivity contribution in [3.8, 4) is 0 Å². The van der Waals surface area contributed by atoms with Gasteiger partial charge in [0.1, 0.15) is 5.88 Å². The number of halogens is 1. The van der Waals surface area contributed by atoms with Crippen molar-refractivity contribution in [1.82, 2.24) is 10.6 Å². The van der Waals surface area contributed by atoms with E-state index in [-0.39, 0.29) is 35.7 Å². The van der Waals surface area contributed by atoms with Gasteiger partial charge in [0, 0.05) is 18.0 Å². The summed E-state index contributed by atoms with van der Waals surface area (Å²) in [5, 5.41) is 5.82. The molecule has 0 aromatic heterocycles. The third kappa shape index (κ3) is 2.67. The van der Waals surface area contributed by atoms with Crippen LogP contribution >= 0.6 is 11.6 Å². The summed E-state index contributed by atoms with van der Waals surface area (Å²) in [6, 6.07) is 0.437. The highest BCUT2D eigenvalue weighted by Gasteiger charge is 2.34. The molecule has 0 aliphatic heterocycles. The molecule has 16 heavy (non-hydrogen) atoms. The zero-order valence-electron chi connectivity index (χ0n) is 9.17. The van der Waals surface area contributed by atoms with E-state index in [1.54, 1.807) is 0 Å². The van der Waals surface area contributed by atoms with Crippen LogP contribution < -0.4 is 10.6 Å². The maximum atomic E-state index is 11.6. The number of rotatable bonds is 4. The lowest BCUT2D eigenvalue weighted by Gasteiger charge is -2.37. The van der Waals surface area contributed by atoms with Crippen LogP contribution in [0.3, 0.4) is 0 Å². The normalized spacial score (nSPS) is 28.8. The van der Waals surface area contributed by atoms with E-state index in [2.05, 4.69) is 10.6 Å². The minimum Gasteiger partial charge on any atom is -0.353 e. The minimum absolute atomic E-state index is 0.00952. The van der Waals surface area contributed by atoms with Gasteiger partial charge in [-0.05, 0) is 25.7 Å². The van der Waals surface area contributed by atoms with Crippen molar-refractivity contribution >= 4 is 23.4 Å². The fraction of sp³-hybridized carbons (Fsp3) is 0.818. The Morgan fingerprint density at radius 1 is 1.12 bits per heavy atom. The van der Waals surface area contributed by atoms with Crippen molar-refractivity contribution < 1.29 is 9.59 Å². The largest absolute Gasteiger partial charge is 0.353 e. The molecule has 0 saturated heterocycles. The highest BCUT2D eigenvalue weighted by Crippen LogP contribution is 2.28. The number of amides is 2. The van der Waals surface area contributed by atoms with Crippen molar-refractivity contribution in [1.29, 1.82) is 0 Å². The summed E-state index contributed by atoms with van der Waals surface area (Å²) in [6.07, 6.45) is 4.91. The molecule has 2 saturated carbocycles. The molecule has 2 amide bonds. The molecule has 0 aromatic carbocycles. The lowest BCUT2D eigenvalue weighted by atomic mass is 9.82. The van der Waals surface area contributed by atoms with Gasteiger partial charge in [-0.25, -0.2) is 0 Å². The van der Waals surface area contributed by atoms with Crippen molar-refractivity contribution in [2.75, 3.05) is 5.88 Å². The Bertz CT molecular complexity index is 286. The van der Waals surface area contributed by atoms with Crippen LogP contribution in [0.4, 0.5) is 0 Å². The van der Waals surface area contributed by atoms with Gasteiger partial charge in [-0.2, -0.15) is 0 Å². The van der Waals surface area contributed by atoms with E-state index in [0.29, 0.717) is 0 Å². The number of alkyl halides is 1. The SMILES string of the molecule is O=C(CCl)NC1CC(NC(=O)C2CCC2)C1. The maximum Gasteiger partial charge on any atom is 0.235 e. The summed E-state index contributed by atoms with van der Waals surface area (Å²) < 4.78 is 0. The molecule has 4 nitrogen and oxygen atoms in total. The molecule has 0 bridgehead atoms. The number of carbonyl (C=O) groups is 2. The first-order valence-electron chi connectivity index (χ1n) is 5.84. The average Bonchev–Trinajstić information content (AvgIpc) is 2.11. The number of hydrogen-bond donors (Lipinski definition) is 2. The first-order valence-corrected chi connectivity index (χ1v) is 6.38. The average molecular weight is 245 g/mol. The first-order chi connectivity index (χ1) is 7.69. The molecule has 0 aromatic rings. The van der Waals surface area contributed by atoms with Gasteiger partial charge in [-0.3, -0.25) is 9.59 Å². The maximum absolute atomic E-state index is 11.6. The smallest absolute Gasteiger partial charge is 0.235 e. The quantitative estimate of drug-likeness (QED) is 0.719. The molecular weight excluding hydrogens is 228 g/mol. The molecule has 90 valence electrons. The predicted molar refractivity (Wildman–Crippen MR) is 61.2 cm³/mol. The van der Waals surface area contributed by atoms with Crippen molar-refractivity contribution in [3.05, 3.63) is 0 Å². The second-order valence-corrected chi connectivity index (χ2v) is 4.97. The molecule has 2 fully saturated rings. The van der Waals surface area contributed by atoms with Gasteiger partial charge in [0.15, 0.2) is 0 Å². The summed E-state index contributed by atoms with van der Waals surface area (Å²) in [7, 11) is 0. The van der Waals surface area contributed by atoms with E-state index in [9.17, 15) is 9.59 Å². The molecule has 0 atom stereocenters. The van der Waals surface area contributed by atoms with Gasteiger partial charge in [0.25, 0.3) is 0 Å². The molecule has 2 aliphatic carbocycles. The van der Waals surface area contributed by atoms with Crippen LogP contribution in [0, 0.1) is 5.92 Å². The zero-order valence-corrected chi connectivity index (χ0v) is 9.93. The molecule has 5 heteroatoms. The fourth-order valence-corrected chi connectivity index (χ4v) is 2.19. The monoisotopic (exact) mass is 244 g/mol. The molecule has 0 unspecified atom stereocenters. The van der Waals surface area contributed by atoms with E-state index in [4.69, 9.17) is 11.6 Å². The summed E-state index contributed by atoms with van der Waals surface area (Å²) in [5.41, 5.74) is 0. The zero-order chi connectivity index (χ0) is 11.5. The Morgan fingerprint density at radius 3 is 2.25 bits per heavy atom. The molecule has 2 aliphatic rings. The van der Waals surface area contributed by atoms with E-state index in [0.717, 1.165) is 25.7 Å². The third-order valence-electron chi connectivity index (χ3n) is 3.45. The second-order valence-electron chi connectivity index (χ2n) is 4.70. The number of nitrogens with one attached hydrogen (secondary N) is 2. The van der Waals surface area contributed by atoms with Crippen molar-refractivity contribution in [3.63, 3.8) is 0 Å².